The largest absolute Gasteiger partial charge is 0.418 e. The molecule has 4 nitrogen and oxygen atoms in total. The molecule has 2 amide bonds. The molecule has 0 aromatic heterocycles. The maximum atomic E-state index is 12.9. The van der Waals surface area contributed by atoms with Gasteiger partial charge in [-0.05, 0) is 18.6 Å². The molecule has 1 aromatic carbocycles. The SMILES string of the molecule is CCCN(CC(N)=S)C(=O)Nc1ccccc1C(F)(F)F. The number of anilines is 1. The lowest BCUT2D eigenvalue weighted by atomic mass is 10.1. The zero-order valence-corrected chi connectivity index (χ0v) is 12.2. The van der Waals surface area contributed by atoms with Crippen LogP contribution in [0, 0.1) is 0 Å². The van der Waals surface area contributed by atoms with E-state index in [1.807, 2.05) is 6.92 Å². The lowest BCUT2D eigenvalue weighted by Crippen LogP contribution is -2.41. The van der Waals surface area contributed by atoms with E-state index in [1.54, 1.807) is 0 Å². The summed E-state index contributed by atoms with van der Waals surface area (Å²) in [5.74, 6) is 0. The fourth-order valence-corrected chi connectivity index (χ4v) is 1.90. The number of carbonyl (C=O) groups excluding carboxylic acids is 1. The summed E-state index contributed by atoms with van der Waals surface area (Å²) in [5.41, 5.74) is 4.19. The molecule has 0 radical (unpaired) electrons. The van der Waals surface area contributed by atoms with Crippen LogP contribution in [0.5, 0.6) is 0 Å². The van der Waals surface area contributed by atoms with Crippen molar-refractivity contribution in [1.82, 2.24) is 4.90 Å². The summed E-state index contributed by atoms with van der Waals surface area (Å²) >= 11 is 4.73. The standard InChI is InChI=1S/C13H16F3N3OS/c1-2-7-19(8-11(17)21)12(20)18-10-6-4-3-5-9(10)13(14,15)16/h3-6H,2,7-8H2,1H3,(H2,17,21)(H,18,20). The minimum absolute atomic E-state index is 0.0171. The fraction of sp³-hybridized carbons (Fsp3) is 0.385. The van der Waals surface area contributed by atoms with Gasteiger partial charge in [0.1, 0.15) is 0 Å². The molecule has 0 atom stereocenters. The van der Waals surface area contributed by atoms with Gasteiger partial charge in [0.05, 0.1) is 22.8 Å². The predicted octanol–water partition coefficient (Wildman–Crippen LogP) is 3.24. The average molecular weight is 319 g/mol. The number of carbonyl (C=O) groups is 1. The van der Waals surface area contributed by atoms with Crippen LogP contribution in [0.3, 0.4) is 0 Å². The van der Waals surface area contributed by atoms with Crippen LogP contribution in [-0.4, -0.2) is 29.0 Å². The van der Waals surface area contributed by atoms with E-state index >= 15 is 0 Å². The smallest absolute Gasteiger partial charge is 0.392 e. The first-order valence-corrected chi connectivity index (χ1v) is 6.67. The molecule has 1 rings (SSSR count). The highest BCUT2D eigenvalue weighted by molar-refractivity contribution is 7.80. The second-order valence-corrected chi connectivity index (χ2v) is 4.89. The van der Waals surface area contributed by atoms with Crippen molar-refractivity contribution in [3.63, 3.8) is 0 Å². The molecule has 3 N–H and O–H groups in total. The number of thiocarbonyl (C=S) groups is 1. The third kappa shape index (κ3) is 5.22. The van der Waals surface area contributed by atoms with E-state index in [0.717, 1.165) is 6.07 Å². The van der Waals surface area contributed by atoms with Gasteiger partial charge in [-0.25, -0.2) is 4.79 Å². The van der Waals surface area contributed by atoms with Crippen LogP contribution < -0.4 is 11.1 Å². The van der Waals surface area contributed by atoms with Crippen molar-refractivity contribution in [2.24, 2.45) is 5.73 Å². The molecule has 0 aliphatic rings. The third-order valence-corrected chi connectivity index (χ3v) is 2.73. The Hall–Kier alpha value is -1.83. The van der Waals surface area contributed by atoms with E-state index in [1.165, 1.54) is 23.1 Å². The Balaban J connectivity index is 2.94. The summed E-state index contributed by atoms with van der Waals surface area (Å²) < 4.78 is 38.6. The molecule has 1 aromatic rings. The summed E-state index contributed by atoms with van der Waals surface area (Å²) in [6, 6.07) is 4.13. The van der Waals surface area contributed by atoms with Crippen LogP contribution in [0.15, 0.2) is 24.3 Å². The molecule has 0 aliphatic carbocycles. The molecular weight excluding hydrogens is 303 g/mol. The molecule has 0 saturated heterocycles. The average Bonchev–Trinajstić information content (AvgIpc) is 2.37. The number of nitrogens with two attached hydrogens (primary N) is 1. The van der Waals surface area contributed by atoms with Gasteiger partial charge in [-0.3, -0.25) is 0 Å². The minimum atomic E-state index is -4.54. The number of nitrogens with one attached hydrogen (secondary N) is 1. The number of amides is 2. The van der Waals surface area contributed by atoms with Crippen molar-refractivity contribution in [3.05, 3.63) is 29.8 Å². The first-order chi connectivity index (χ1) is 9.75. The lowest BCUT2D eigenvalue weighted by molar-refractivity contribution is -0.136. The van der Waals surface area contributed by atoms with Crippen molar-refractivity contribution in [2.45, 2.75) is 19.5 Å². The number of nitrogens with zero attached hydrogens (tertiary/aromatic N) is 1. The third-order valence-electron chi connectivity index (χ3n) is 2.60. The van der Waals surface area contributed by atoms with E-state index < -0.39 is 17.8 Å². The van der Waals surface area contributed by atoms with Gasteiger partial charge >= 0.3 is 12.2 Å². The summed E-state index contributed by atoms with van der Waals surface area (Å²) in [4.78, 5) is 13.4. The van der Waals surface area contributed by atoms with Gasteiger partial charge in [-0.2, -0.15) is 13.2 Å². The monoisotopic (exact) mass is 319 g/mol. The first kappa shape index (κ1) is 17.2. The van der Waals surface area contributed by atoms with Crippen LogP contribution in [0.2, 0.25) is 0 Å². The van der Waals surface area contributed by atoms with Crippen LogP contribution in [-0.2, 0) is 6.18 Å². The Kier molecular flexibility index (Phi) is 5.95. The van der Waals surface area contributed by atoms with Crippen molar-refractivity contribution in [3.8, 4) is 0 Å². The summed E-state index contributed by atoms with van der Waals surface area (Å²) in [7, 11) is 0. The molecule has 0 unspecified atom stereocenters. The molecule has 21 heavy (non-hydrogen) atoms. The summed E-state index contributed by atoms with van der Waals surface area (Å²) in [6.45, 7) is 2.20. The van der Waals surface area contributed by atoms with Crippen molar-refractivity contribution >= 4 is 28.9 Å². The minimum Gasteiger partial charge on any atom is -0.392 e. The normalized spacial score (nSPS) is 11.0. The number of hydrogen-bond donors (Lipinski definition) is 2. The van der Waals surface area contributed by atoms with E-state index in [4.69, 9.17) is 18.0 Å². The van der Waals surface area contributed by atoms with Gasteiger partial charge in [-0.1, -0.05) is 31.3 Å². The number of para-hydroxylation sites is 1. The Morgan fingerprint density at radius 2 is 2.00 bits per heavy atom. The second kappa shape index (κ2) is 7.26. The van der Waals surface area contributed by atoms with Gasteiger partial charge in [0.2, 0.25) is 0 Å². The zero-order valence-electron chi connectivity index (χ0n) is 11.4. The van der Waals surface area contributed by atoms with Crippen molar-refractivity contribution in [2.75, 3.05) is 18.4 Å². The fourth-order valence-electron chi connectivity index (χ4n) is 1.74. The Morgan fingerprint density at radius 3 is 2.52 bits per heavy atom. The second-order valence-electron chi connectivity index (χ2n) is 4.36. The topological polar surface area (TPSA) is 58.4 Å². The molecule has 116 valence electrons. The van der Waals surface area contributed by atoms with E-state index in [-0.39, 0.29) is 17.2 Å². The van der Waals surface area contributed by atoms with Crippen LogP contribution >= 0.6 is 12.2 Å². The van der Waals surface area contributed by atoms with Crippen molar-refractivity contribution < 1.29 is 18.0 Å². The van der Waals surface area contributed by atoms with Gasteiger partial charge < -0.3 is 16.0 Å². The lowest BCUT2D eigenvalue weighted by Gasteiger charge is -2.23. The molecule has 0 heterocycles. The van der Waals surface area contributed by atoms with Crippen LogP contribution in [0.25, 0.3) is 0 Å². The highest BCUT2D eigenvalue weighted by atomic mass is 32.1. The first-order valence-electron chi connectivity index (χ1n) is 6.26. The summed E-state index contributed by atoms with van der Waals surface area (Å²) in [6.07, 6.45) is -3.90. The summed E-state index contributed by atoms with van der Waals surface area (Å²) in [5, 5.41) is 2.26. The van der Waals surface area contributed by atoms with E-state index in [9.17, 15) is 18.0 Å². The Morgan fingerprint density at radius 1 is 1.38 bits per heavy atom. The maximum absolute atomic E-state index is 12.9. The highest BCUT2D eigenvalue weighted by Crippen LogP contribution is 2.34. The Labute approximate surface area is 126 Å². The molecule has 0 fully saturated rings. The number of halogens is 3. The van der Waals surface area contributed by atoms with Gasteiger partial charge in [0.15, 0.2) is 0 Å². The number of benzene rings is 1. The molecule has 8 heteroatoms. The molecular formula is C13H16F3N3OS. The Bertz CT molecular complexity index is 520. The molecule has 0 aliphatic heterocycles. The van der Waals surface area contributed by atoms with Gasteiger partial charge in [0.25, 0.3) is 0 Å². The predicted molar refractivity (Wildman–Crippen MR) is 79.1 cm³/mol. The maximum Gasteiger partial charge on any atom is 0.418 e. The van der Waals surface area contributed by atoms with Crippen LogP contribution in [0.1, 0.15) is 18.9 Å². The number of rotatable bonds is 5. The molecule has 0 spiro atoms. The van der Waals surface area contributed by atoms with Crippen LogP contribution in [0.4, 0.5) is 23.7 Å². The number of alkyl halides is 3. The number of hydrogen-bond acceptors (Lipinski definition) is 2. The molecule has 0 saturated carbocycles. The van der Waals surface area contributed by atoms with Gasteiger partial charge in [-0.15, -0.1) is 0 Å². The van der Waals surface area contributed by atoms with Crippen molar-refractivity contribution in [1.29, 1.82) is 0 Å². The van der Waals surface area contributed by atoms with E-state index in [2.05, 4.69) is 5.32 Å². The zero-order chi connectivity index (χ0) is 16.0. The molecule has 0 bridgehead atoms. The highest BCUT2D eigenvalue weighted by Gasteiger charge is 2.33. The van der Waals surface area contributed by atoms with E-state index in [0.29, 0.717) is 13.0 Å². The quantitative estimate of drug-likeness (QED) is 0.819. The van der Waals surface area contributed by atoms with Gasteiger partial charge in [0, 0.05) is 6.54 Å². The number of urea groups is 1.